The van der Waals surface area contributed by atoms with Gasteiger partial charge in [0.05, 0.1) is 0 Å². The summed E-state index contributed by atoms with van der Waals surface area (Å²) in [7, 11) is 0. The van der Waals surface area contributed by atoms with Crippen LogP contribution in [0.1, 0.15) is 44.1 Å². The monoisotopic (exact) mass is 258 g/mol. The summed E-state index contributed by atoms with van der Waals surface area (Å²) in [5.74, 6) is 0.694. The van der Waals surface area contributed by atoms with Crippen molar-refractivity contribution in [1.82, 2.24) is 0 Å². The number of aryl methyl sites for hydroxylation is 1. The third-order valence-electron chi connectivity index (χ3n) is 4.97. The summed E-state index contributed by atoms with van der Waals surface area (Å²) < 4.78 is 0. The van der Waals surface area contributed by atoms with Crippen LogP contribution < -0.4 is 10.6 Å². The van der Waals surface area contributed by atoms with E-state index >= 15 is 0 Å². The van der Waals surface area contributed by atoms with E-state index in [1.165, 1.54) is 57.2 Å². The van der Waals surface area contributed by atoms with Crippen molar-refractivity contribution >= 4 is 5.69 Å². The highest BCUT2D eigenvalue weighted by molar-refractivity contribution is 5.55. The molecule has 2 nitrogen and oxygen atoms in total. The quantitative estimate of drug-likeness (QED) is 0.881. The molecule has 1 saturated carbocycles. The Kier molecular flexibility index (Phi) is 4.07. The molecule has 2 aliphatic rings. The fourth-order valence-electron chi connectivity index (χ4n) is 3.94. The first kappa shape index (κ1) is 13.0. The molecular formula is C17H26N2. The number of anilines is 1. The number of hydrogen-bond acceptors (Lipinski definition) is 2. The first-order valence-corrected chi connectivity index (χ1v) is 7.95. The molecule has 1 aromatic rings. The van der Waals surface area contributed by atoms with Crippen LogP contribution in [-0.4, -0.2) is 19.1 Å². The predicted octanol–water partition coefficient (Wildman–Crippen LogP) is 3.35. The molecule has 3 rings (SSSR count). The summed E-state index contributed by atoms with van der Waals surface area (Å²) in [6.45, 7) is 2.07. The standard InChI is InChI=1S/C17H26N2/c18-13-15-9-2-4-11-17(15)19-12-6-5-8-14-7-1-3-10-16(14)19/h1,3,7,10,15,17H,2,4-6,8-9,11-13,18H2. The van der Waals surface area contributed by atoms with Crippen LogP contribution in [0.2, 0.25) is 0 Å². The lowest BCUT2D eigenvalue weighted by molar-refractivity contribution is 0.298. The number of rotatable bonds is 2. The molecule has 0 bridgehead atoms. The lowest BCUT2D eigenvalue weighted by atomic mass is 9.83. The van der Waals surface area contributed by atoms with Gasteiger partial charge in [-0.05, 0) is 56.2 Å². The van der Waals surface area contributed by atoms with E-state index < -0.39 is 0 Å². The van der Waals surface area contributed by atoms with Crippen LogP contribution in [0.4, 0.5) is 5.69 Å². The smallest absolute Gasteiger partial charge is 0.0401 e. The Morgan fingerprint density at radius 3 is 2.79 bits per heavy atom. The zero-order chi connectivity index (χ0) is 13.1. The summed E-state index contributed by atoms with van der Waals surface area (Å²) in [5, 5.41) is 0. The Morgan fingerprint density at radius 1 is 1.05 bits per heavy atom. The Labute approximate surface area is 117 Å². The lowest BCUT2D eigenvalue weighted by Gasteiger charge is -2.41. The van der Waals surface area contributed by atoms with E-state index in [1.54, 1.807) is 5.56 Å². The molecule has 104 valence electrons. The minimum Gasteiger partial charge on any atom is -0.368 e. The molecule has 0 spiro atoms. The Hall–Kier alpha value is -1.02. The summed E-state index contributed by atoms with van der Waals surface area (Å²) in [6.07, 6.45) is 9.28. The van der Waals surface area contributed by atoms with Crippen molar-refractivity contribution in [3.63, 3.8) is 0 Å². The highest BCUT2D eigenvalue weighted by atomic mass is 15.2. The van der Waals surface area contributed by atoms with E-state index in [0.717, 1.165) is 6.54 Å². The van der Waals surface area contributed by atoms with E-state index in [1.807, 2.05) is 0 Å². The van der Waals surface area contributed by atoms with Crippen LogP contribution in [0.25, 0.3) is 0 Å². The van der Waals surface area contributed by atoms with Gasteiger partial charge in [-0.25, -0.2) is 0 Å². The maximum atomic E-state index is 6.03. The minimum atomic E-state index is 0.679. The minimum absolute atomic E-state index is 0.679. The van der Waals surface area contributed by atoms with Crippen molar-refractivity contribution in [3.8, 4) is 0 Å². The van der Waals surface area contributed by atoms with E-state index in [4.69, 9.17) is 5.73 Å². The van der Waals surface area contributed by atoms with Crippen molar-refractivity contribution in [2.75, 3.05) is 18.0 Å². The topological polar surface area (TPSA) is 29.3 Å². The molecule has 2 heteroatoms. The second-order valence-corrected chi connectivity index (χ2v) is 6.13. The van der Waals surface area contributed by atoms with Gasteiger partial charge < -0.3 is 10.6 Å². The second kappa shape index (κ2) is 5.96. The van der Waals surface area contributed by atoms with E-state index in [-0.39, 0.29) is 0 Å². The zero-order valence-corrected chi connectivity index (χ0v) is 11.9. The van der Waals surface area contributed by atoms with Crippen LogP contribution in [0.5, 0.6) is 0 Å². The van der Waals surface area contributed by atoms with Gasteiger partial charge in [0.2, 0.25) is 0 Å². The first-order chi connectivity index (χ1) is 9.40. The second-order valence-electron chi connectivity index (χ2n) is 6.13. The number of fused-ring (bicyclic) bond motifs is 1. The Balaban J connectivity index is 1.90. The molecule has 0 aromatic heterocycles. The lowest BCUT2D eigenvalue weighted by Crippen LogP contribution is -2.45. The van der Waals surface area contributed by atoms with Crippen LogP contribution in [0.15, 0.2) is 24.3 Å². The van der Waals surface area contributed by atoms with Crippen LogP contribution in [0, 0.1) is 5.92 Å². The molecule has 1 aromatic carbocycles. The van der Waals surface area contributed by atoms with Crippen LogP contribution >= 0.6 is 0 Å². The molecule has 1 fully saturated rings. The van der Waals surface area contributed by atoms with E-state index in [2.05, 4.69) is 29.2 Å². The predicted molar refractivity (Wildman–Crippen MR) is 81.5 cm³/mol. The van der Waals surface area contributed by atoms with Gasteiger partial charge in [0.15, 0.2) is 0 Å². The van der Waals surface area contributed by atoms with Gasteiger partial charge in [-0.2, -0.15) is 0 Å². The average molecular weight is 258 g/mol. The number of hydrogen-bond donors (Lipinski definition) is 1. The third-order valence-corrected chi connectivity index (χ3v) is 4.97. The highest BCUT2D eigenvalue weighted by Crippen LogP contribution is 2.35. The summed E-state index contributed by atoms with van der Waals surface area (Å²) in [4.78, 5) is 2.69. The molecule has 0 radical (unpaired) electrons. The average Bonchev–Trinajstić information content (AvgIpc) is 2.69. The molecular weight excluding hydrogens is 232 g/mol. The van der Waals surface area contributed by atoms with Crippen molar-refractivity contribution in [2.45, 2.75) is 51.0 Å². The van der Waals surface area contributed by atoms with Crippen molar-refractivity contribution in [3.05, 3.63) is 29.8 Å². The van der Waals surface area contributed by atoms with Gasteiger partial charge in [0.1, 0.15) is 0 Å². The van der Waals surface area contributed by atoms with Crippen molar-refractivity contribution in [1.29, 1.82) is 0 Å². The maximum absolute atomic E-state index is 6.03. The third kappa shape index (κ3) is 2.64. The van der Waals surface area contributed by atoms with Gasteiger partial charge in [-0.15, -0.1) is 0 Å². The van der Waals surface area contributed by atoms with Gasteiger partial charge >= 0.3 is 0 Å². The van der Waals surface area contributed by atoms with Crippen molar-refractivity contribution in [2.24, 2.45) is 11.7 Å². The maximum Gasteiger partial charge on any atom is 0.0401 e. The van der Waals surface area contributed by atoms with E-state index in [0.29, 0.717) is 12.0 Å². The van der Waals surface area contributed by atoms with Gasteiger partial charge in [0, 0.05) is 18.3 Å². The summed E-state index contributed by atoms with van der Waals surface area (Å²) in [5.41, 5.74) is 9.07. The number of para-hydroxylation sites is 1. The van der Waals surface area contributed by atoms with Gasteiger partial charge in [0.25, 0.3) is 0 Å². The molecule has 1 aliphatic heterocycles. The van der Waals surface area contributed by atoms with Gasteiger partial charge in [-0.3, -0.25) is 0 Å². The van der Waals surface area contributed by atoms with E-state index in [9.17, 15) is 0 Å². The number of benzene rings is 1. The molecule has 0 amide bonds. The first-order valence-electron chi connectivity index (χ1n) is 7.95. The zero-order valence-electron chi connectivity index (χ0n) is 11.9. The molecule has 0 saturated heterocycles. The fourth-order valence-corrected chi connectivity index (χ4v) is 3.94. The normalized spacial score (nSPS) is 27.7. The molecule has 2 N–H and O–H groups in total. The highest BCUT2D eigenvalue weighted by Gasteiger charge is 2.30. The fraction of sp³-hybridized carbons (Fsp3) is 0.647. The SMILES string of the molecule is NCC1CCCCC1N1CCCCc2ccccc21. The van der Waals surface area contributed by atoms with Crippen LogP contribution in [0.3, 0.4) is 0 Å². The molecule has 19 heavy (non-hydrogen) atoms. The molecule has 2 unspecified atom stereocenters. The Morgan fingerprint density at radius 2 is 1.89 bits per heavy atom. The number of nitrogens with zero attached hydrogens (tertiary/aromatic N) is 1. The van der Waals surface area contributed by atoms with Gasteiger partial charge in [-0.1, -0.05) is 31.0 Å². The molecule has 1 heterocycles. The summed E-state index contributed by atoms with van der Waals surface area (Å²) in [6, 6.07) is 9.69. The molecule has 2 atom stereocenters. The van der Waals surface area contributed by atoms with Crippen molar-refractivity contribution < 1.29 is 0 Å². The Bertz CT molecular complexity index is 415. The largest absolute Gasteiger partial charge is 0.368 e. The van der Waals surface area contributed by atoms with Crippen LogP contribution in [-0.2, 0) is 6.42 Å². The number of nitrogens with two attached hydrogens (primary N) is 1. The molecule has 1 aliphatic carbocycles. The summed E-state index contributed by atoms with van der Waals surface area (Å²) >= 11 is 0.